The second kappa shape index (κ2) is 9.71. The Kier molecular flexibility index (Phi) is 7.59. The molecule has 2 aromatic carbocycles. The normalized spacial score (nSPS) is 10.3. The van der Waals surface area contributed by atoms with Crippen molar-refractivity contribution in [1.29, 1.82) is 0 Å². The summed E-state index contributed by atoms with van der Waals surface area (Å²) in [7, 11) is 0. The molecule has 0 aliphatic heterocycles. The van der Waals surface area contributed by atoms with E-state index in [1.54, 1.807) is 24.3 Å². The van der Waals surface area contributed by atoms with Gasteiger partial charge in [-0.2, -0.15) is 0 Å². The number of carbonyl (C=O) groups is 1. The van der Waals surface area contributed by atoms with E-state index in [0.29, 0.717) is 29.7 Å². The molecule has 0 aliphatic carbocycles. The Morgan fingerprint density at radius 1 is 1.09 bits per heavy atom. The van der Waals surface area contributed by atoms with E-state index < -0.39 is 0 Å². The fourth-order valence-corrected chi connectivity index (χ4v) is 3.08. The van der Waals surface area contributed by atoms with Gasteiger partial charge in [0.25, 0.3) is 0 Å². The Labute approximate surface area is 150 Å². The van der Waals surface area contributed by atoms with Gasteiger partial charge in [-0.05, 0) is 35.9 Å². The SMILES string of the molecule is O=C(CSCc1ccccc1Cl)NCCOc1ccc(Cl)cc1. The third-order valence-corrected chi connectivity index (χ3v) is 4.56. The molecule has 0 heterocycles. The molecule has 0 aromatic heterocycles. The zero-order valence-electron chi connectivity index (χ0n) is 12.4. The minimum atomic E-state index is -0.0123. The van der Waals surface area contributed by atoms with Gasteiger partial charge in [0.1, 0.15) is 12.4 Å². The van der Waals surface area contributed by atoms with Gasteiger partial charge in [0, 0.05) is 15.8 Å². The summed E-state index contributed by atoms with van der Waals surface area (Å²) >= 11 is 13.4. The average molecular weight is 370 g/mol. The first-order valence-electron chi connectivity index (χ1n) is 7.11. The predicted molar refractivity (Wildman–Crippen MR) is 97.6 cm³/mol. The smallest absolute Gasteiger partial charge is 0.230 e. The summed E-state index contributed by atoms with van der Waals surface area (Å²) in [6, 6.07) is 14.8. The Morgan fingerprint density at radius 2 is 1.83 bits per heavy atom. The van der Waals surface area contributed by atoms with Crippen molar-refractivity contribution in [3.63, 3.8) is 0 Å². The van der Waals surface area contributed by atoms with Crippen LogP contribution in [0.5, 0.6) is 5.75 Å². The molecule has 1 N–H and O–H groups in total. The Bertz CT molecular complexity index is 635. The van der Waals surface area contributed by atoms with Gasteiger partial charge >= 0.3 is 0 Å². The number of benzene rings is 2. The molecule has 0 unspecified atom stereocenters. The van der Waals surface area contributed by atoms with Crippen LogP contribution >= 0.6 is 35.0 Å². The first kappa shape index (κ1) is 18.0. The van der Waals surface area contributed by atoms with Crippen molar-refractivity contribution < 1.29 is 9.53 Å². The lowest BCUT2D eigenvalue weighted by molar-refractivity contribution is -0.118. The number of thioether (sulfide) groups is 1. The molecule has 0 atom stereocenters. The lowest BCUT2D eigenvalue weighted by atomic mass is 10.2. The van der Waals surface area contributed by atoms with Crippen LogP contribution in [0.4, 0.5) is 0 Å². The van der Waals surface area contributed by atoms with Gasteiger partial charge in [-0.25, -0.2) is 0 Å². The first-order valence-corrected chi connectivity index (χ1v) is 9.02. The van der Waals surface area contributed by atoms with E-state index in [1.807, 2.05) is 24.3 Å². The minimum Gasteiger partial charge on any atom is -0.492 e. The highest BCUT2D eigenvalue weighted by atomic mass is 35.5. The van der Waals surface area contributed by atoms with Crippen LogP contribution < -0.4 is 10.1 Å². The van der Waals surface area contributed by atoms with Crippen molar-refractivity contribution >= 4 is 40.9 Å². The highest BCUT2D eigenvalue weighted by molar-refractivity contribution is 7.99. The molecule has 0 fully saturated rings. The van der Waals surface area contributed by atoms with Crippen LogP contribution in [0.1, 0.15) is 5.56 Å². The van der Waals surface area contributed by atoms with Crippen LogP contribution in [0.15, 0.2) is 48.5 Å². The van der Waals surface area contributed by atoms with E-state index in [1.165, 1.54) is 11.8 Å². The van der Waals surface area contributed by atoms with Crippen molar-refractivity contribution in [3.05, 3.63) is 64.1 Å². The Morgan fingerprint density at radius 3 is 2.57 bits per heavy atom. The van der Waals surface area contributed by atoms with Gasteiger partial charge in [-0.3, -0.25) is 4.79 Å². The molecular formula is C17H17Cl2NO2S. The number of hydrogen-bond acceptors (Lipinski definition) is 3. The predicted octanol–water partition coefficient (Wildman–Crippen LogP) is 4.42. The van der Waals surface area contributed by atoms with E-state index in [2.05, 4.69) is 5.32 Å². The zero-order chi connectivity index (χ0) is 16.5. The number of carbonyl (C=O) groups excluding carboxylic acids is 1. The summed E-state index contributed by atoms with van der Waals surface area (Å²) in [6.45, 7) is 0.886. The molecule has 2 rings (SSSR count). The van der Waals surface area contributed by atoms with Gasteiger partial charge in [0.05, 0.1) is 12.3 Å². The van der Waals surface area contributed by atoms with E-state index >= 15 is 0 Å². The maximum absolute atomic E-state index is 11.7. The van der Waals surface area contributed by atoms with E-state index in [0.717, 1.165) is 16.3 Å². The lowest BCUT2D eigenvalue weighted by Crippen LogP contribution is -2.29. The molecule has 1 amide bonds. The molecule has 0 saturated carbocycles. The fraction of sp³-hybridized carbons (Fsp3) is 0.235. The third-order valence-electron chi connectivity index (χ3n) is 2.96. The van der Waals surface area contributed by atoms with Crippen LogP contribution in [-0.4, -0.2) is 24.8 Å². The van der Waals surface area contributed by atoms with Crippen LogP contribution in [-0.2, 0) is 10.5 Å². The van der Waals surface area contributed by atoms with E-state index in [-0.39, 0.29) is 5.91 Å². The molecule has 2 aromatic rings. The zero-order valence-corrected chi connectivity index (χ0v) is 14.8. The van der Waals surface area contributed by atoms with Crippen molar-refractivity contribution in [1.82, 2.24) is 5.32 Å². The van der Waals surface area contributed by atoms with Crippen molar-refractivity contribution in [2.24, 2.45) is 0 Å². The Hall–Kier alpha value is -1.36. The lowest BCUT2D eigenvalue weighted by Gasteiger charge is -2.08. The van der Waals surface area contributed by atoms with Gasteiger partial charge in [0.2, 0.25) is 5.91 Å². The molecule has 23 heavy (non-hydrogen) atoms. The summed E-state index contributed by atoms with van der Waals surface area (Å²) in [4.78, 5) is 11.7. The van der Waals surface area contributed by atoms with E-state index in [9.17, 15) is 4.79 Å². The fourth-order valence-electron chi connectivity index (χ4n) is 1.81. The number of rotatable bonds is 8. The highest BCUT2D eigenvalue weighted by Crippen LogP contribution is 2.20. The highest BCUT2D eigenvalue weighted by Gasteiger charge is 2.04. The second-order valence-electron chi connectivity index (χ2n) is 4.74. The summed E-state index contributed by atoms with van der Waals surface area (Å²) in [5.74, 6) is 1.83. The summed E-state index contributed by atoms with van der Waals surface area (Å²) in [5, 5.41) is 4.22. The van der Waals surface area contributed by atoms with Crippen molar-refractivity contribution in [3.8, 4) is 5.75 Å². The van der Waals surface area contributed by atoms with Crippen LogP contribution in [0, 0.1) is 0 Å². The number of halogens is 2. The molecular weight excluding hydrogens is 353 g/mol. The Balaban J connectivity index is 1.58. The third kappa shape index (κ3) is 6.73. The molecule has 0 aliphatic rings. The van der Waals surface area contributed by atoms with Crippen LogP contribution in [0.2, 0.25) is 10.0 Å². The average Bonchev–Trinajstić information content (AvgIpc) is 2.55. The molecule has 0 radical (unpaired) electrons. The number of ether oxygens (including phenoxy) is 1. The maximum Gasteiger partial charge on any atom is 0.230 e. The summed E-state index contributed by atoms with van der Waals surface area (Å²) in [6.07, 6.45) is 0. The first-order chi connectivity index (χ1) is 11.1. The summed E-state index contributed by atoms with van der Waals surface area (Å²) < 4.78 is 5.50. The topological polar surface area (TPSA) is 38.3 Å². The molecule has 0 spiro atoms. The number of hydrogen-bond donors (Lipinski definition) is 1. The monoisotopic (exact) mass is 369 g/mol. The maximum atomic E-state index is 11.7. The van der Waals surface area contributed by atoms with Gasteiger partial charge in [0.15, 0.2) is 0 Å². The molecule has 122 valence electrons. The van der Waals surface area contributed by atoms with Gasteiger partial charge < -0.3 is 10.1 Å². The largest absolute Gasteiger partial charge is 0.492 e. The van der Waals surface area contributed by atoms with Crippen LogP contribution in [0.3, 0.4) is 0 Å². The molecule has 6 heteroatoms. The summed E-state index contributed by atoms with van der Waals surface area (Å²) in [5.41, 5.74) is 1.04. The van der Waals surface area contributed by atoms with Crippen molar-refractivity contribution in [2.75, 3.05) is 18.9 Å². The van der Waals surface area contributed by atoms with Gasteiger partial charge in [-0.1, -0.05) is 41.4 Å². The van der Waals surface area contributed by atoms with E-state index in [4.69, 9.17) is 27.9 Å². The number of amides is 1. The van der Waals surface area contributed by atoms with Crippen molar-refractivity contribution in [2.45, 2.75) is 5.75 Å². The molecule has 3 nitrogen and oxygen atoms in total. The quantitative estimate of drug-likeness (QED) is 0.699. The minimum absolute atomic E-state index is 0.0123. The number of nitrogens with one attached hydrogen (secondary N) is 1. The molecule has 0 saturated heterocycles. The molecule has 0 bridgehead atoms. The van der Waals surface area contributed by atoms with Gasteiger partial charge in [-0.15, -0.1) is 11.8 Å². The van der Waals surface area contributed by atoms with Crippen LogP contribution in [0.25, 0.3) is 0 Å². The standard InChI is InChI=1S/C17H17Cl2NO2S/c18-14-5-7-15(8-6-14)22-10-9-20-17(21)12-23-11-13-3-1-2-4-16(13)19/h1-8H,9-12H2,(H,20,21). The second-order valence-corrected chi connectivity index (χ2v) is 6.57.